The highest BCUT2D eigenvalue weighted by Crippen LogP contribution is 2.12. The molecule has 8 nitrogen and oxygen atoms in total. The van der Waals surface area contributed by atoms with Crippen molar-refractivity contribution in [3.8, 4) is 0 Å². The van der Waals surface area contributed by atoms with Gasteiger partial charge in [0.05, 0.1) is 40.3 Å². The normalized spacial score (nSPS) is 13.7. The number of likely N-dealkylation sites (N-methyl/N-ethyl adjacent to an activating group) is 1. The number of allylic oxidation sites excluding steroid dienone is 10. The van der Waals surface area contributed by atoms with E-state index >= 15 is 0 Å². The Bertz CT molecular complexity index is 990. The zero-order valence-electron chi connectivity index (χ0n) is 31.6. The molecule has 0 amide bonds. The molecule has 0 fully saturated rings. The van der Waals surface area contributed by atoms with Gasteiger partial charge in [-0.2, -0.15) is 0 Å². The minimum absolute atomic E-state index is 0.0253. The fourth-order valence-electron chi connectivity index (χ4n) is 5.00. The van der Waals surface area contributed by atoms with E-state index in [1.807, 2.05) is 30.4 Å². The summed E-state index contributed by atoms with van der Waals surface area (Å²) in [7, 11) is 5.37. The molecule has 280 valence electrons. The van der Waals surface area contributed by atoms with Gasteiger partial charge in [0.25, 0.3) is 0 Å². The lowest BCUT2D eigenvalue weighted by molar-refractivity contribution is -0.889. The SMILES string of the molecule is CC/C=C/C=C/C=C/C=C/CCCCCCCC(=O)OCC(COCCC(C(=O)[O-])[N+](C)(C)C)OC(=O)CCCCCC/C=C/CCCC. The molecule has 0 heterocycles. The average Bonchev–Trinajstić information content (AvgIpc) is 3.05. The molecule has 0 aromatic carbocycles. The fourth-order valence-corrected chi connectivity index (χ4v) is 5.00. The van der Waals surface area contributed by atoms with Crippen LogP contribution >= 0.6 is 0 Å². The molecule has 0 aliphatic heterocycles. The average molecular weight is 688 g/mol. The first-order valence-corrected chi connectivity index (χ1v) is 18.9. The Morgan fingerprint density at radius 1 is 0.633 bits per heavy atom. The lowest BCUT2D eigenvalue weighted by atomic mass is 10.1. The third kappa shape index (κ3) is 30.8. The van der Waals surface area contributed by atoms with Gasteiger partial charge in [-0.15, -0.1) is 0 Å². The van der Waals surface area contributed by atoms with Crippen molar-refractivity contribution in [3.05, 3.63) is 60.8 Å². The molecule has 0 N–H and O–H groups in total. The number of unbranched alkanes of at least 4 members (excludes halogenated alkanes) is 11. The summed E-state index contributed by atoms with van der Waals surface area (Å²) in [5.41, 5.74) is 0. The molecular formula is C41H69NO7. The van der Waals surface area contributed by atoms with Gasteiger partial charge in [-0.3, -0.25) is 9.59 Å². The van der Waals surface area contributed by atoms with Crippen molar-refractivity contribution in [2.75, 3.05) is 41.0 Å². The third-order valence-corrected chi connectivity index (χ3v) is 7.98. The Morgan fingerprint density at radius 3 is 1.76 bits per heavy atom. The third-order valence-electron chi connectivity index (χ3n) is 7.98. The molecule has 49 heavy (non-hydrogen) atoms. The van der Waals surface area contributed by atoms with Crippen molar-refractivity contribution in [2.45, 2.75) is 142 Å². The zero-order valence-corrected chi connectivity index (χ0v) is 31.6. The number of ether oxygens (including phenoxy) is 3. The zero-order chi connectivity index (χ0) is 36.4. The maximum Gasteiger partial charge on any atom is 0.306 e. The predicted octanol–water partition coefficient (Wildman–Crippen LogP) is 8.13. The topological polar surface area (TPSA) is 102 Å². The van der Waals surface area contributed by atoms with Crippen LogP contribution in [0.15, 0.2) is 60.8 Å². The van der Waals surface area contributed by atoms with E-state index in [1.165, 1.54) is 12.8 Å². The fraction of sp³-hybridized carbons (Fsp3) is 0.683. The highest BCUT2D eigenvalue weighted by atomic mass is 16.6. The van der Waals surface area contributed by atoms with Crippen LogP contribution in [0.4, 0.5) is 0 Å². The molecule has 0 aromatic rings. The van der Waals surface area contributed by atoms with Gasteiger partial charge in [-0.25, -0.2) is 0 Å². The van der Waals surface area contributed by atoms with Crippen LogP contribution in [0.25, 0.3) is 0 Å². The van der Waals surface area contributed by atoms with Crippen LogP contribution < -0.4 is 5.11 Å². The van der Waals surface area contributed by atoms with Crippen molar-refractivity contribution in [2.24, 2.45) is 0 Å². The Morgan fingerprint density at radius 2 is 1.16 bits per heavy atom. The van der Waals surface area contributed by atoms with E-state index in [9.17, 15) is 19.5 Å². The number of hydrogen-bond donors (Lipinski definition) is 0. The van der Waals surface area contributed by atoms with Crippen LogP contribution in [0, 0.1) is 0 Å². The standard InChI is InChI=1S/C41H69NO7/c1-6-8-10-12-14-16-18-19-20-21-22-24-25-27-29-31-39(43)48-36-37(35-47-34-33-38(41(45)46)42(3,4)5)49-40(44)32-30-28-26-23-17-15-13-11-9-7-2/h8,10,12-16,18-20,37-38H,6-7,9,11,17,21-36H2,1-5H3/b10-8+,14-12+,15-13+,18-16+,20-19+. The monoisotopic (exact) mass is 688 g/mol. The van der Waals surface area contributed by atoms with Crippen molar-refractivity contribution in [1.82, 2.24) is 0 Å². The summed E-state index contributed by atoms with van der Waals surface area (Å²) in [4.78, 5) is 36.6. The number of carboxylic acids is 1. The summed E-state index contributed by atoms with van der Waals surface area (Å²) < 4.78 is 17.0. The summed E-state index contributed by atoms with van der Waals surface area (Å²) in [5, 5.41) is 11.6. The first-order valence-electron chi connectivity index (χ1n) is 18.9. The molecule has 0 spiro atoms. The molecule has 0 aromatic heterocycles. The van der Waals surface area contributed by atoms with Crippen LogP contribution in [0.5, 0.6) is 0 Å². The van der Waals surface area contributed by atoms with Gasteiger partial charge in [0.1, 0.15) is 12.6 Å². The number of esters is 2. The van der Waals surface area contributed by atoms with E-state index in [4.69, 9.17) is 14.2 Å². The minimum atomic E-state index is -1.13. The lowest BCUT2D eigenvalue weighted by Crippen LogP contribution is -2.55. The number of rotatable bonds is 32. The molecule has 2 unspecified atom stereocenters. The van der Waals surface area contributed by atoms with E-state index in [0.29, 0.717) is 12.8 Å². The number of carbonyl (C=O) groups is 3. The molecule has 0 aliphatic rings. The summed E-state index contributed by atoms with van der Waals surface area (Å²) >= 11 is 0. The molecule has 0 saturated carbocycles. The summed E-state index contributed by atoms with van der Waals surface area (Å²) in [6.45, 7) is 4.41. The van der Waals surface area contributed by atoms with Crippen molar-refractivity contribution in [1.29, 1.82) is 0 Å². The van der Waals surface area contributed by atoms with Crippen LogP contribution in [-0.2, 0) is 28.6 Å². The summed E-state index contributed by atoms with van der Waals surface area (Å²) in [6.07, 6.45) is 36.7. The van der Waals surface area contributed by atoms with E-state index in [2.05, 4.69) is 44.2 Å². The number of hydrogen-bond acceptors (Lipinski definition) is 7. The predicted molar refractivity (Wildman–Crippen MR) is 199 cm³/mol. The second-order valence-corrected chi connectivity index (χ2v) is 13.5. The molecule has 0 radical (unpaired) electrons. The Hall–Kier alpha value is -2.97. The van der Waals surface area contributed by atoms with Gasteiger partial charge in [0.2, 0.25) is 0 Å². The molecule has 0 saturated heterocycles. The van der Waals surface area contributed by atoms with Gasteiger partial charge in [-0.05, 0) is 51.4 Å². The van der Waals surface area contributed by atoms with E-state index < -0.39 is 18.1 Å². The minimum Gasteiger partial charge on any atom is -0.544 e. The lowest BCUT2D eigenvalue weighted by Gasteiger charge is -2.34. The van der Waals surface area contributed by atoms with Crippen molar-refractivity contribution >= 4 is 17.9 Å². The van der Waals surface area contributed by atoms with E-state index in [1.54, 1.807) is 21.1 Å². The molecule has 0 aliphatic carbocycles. The van der Waals surface area contributed by atoms with Gasteiger partial charge >= 0.3 is 11.9 Å². The van der Waals surface area contributed by atoms with Gasteiger partial charge in [0, 0.05) is 19.3 Å². The molecule has 8 heteroatoms. The largest absolute Gasteiger partial charge is 0.544 e. The molecule has 0 bridgehead atoms. The first kappa shape index (κ1) is 46.0. The number of quaternary nitrogens is 1. The quantitative estimate of drug-likeness (QED) is 0.0231. The van der Waals surface area contributed by atoms with E-state index in [-0.39, 0.29) is 42.7 Å². The number of nitrogens with zero attached hydrogens (tertiary/aromatic N) is 1. The Kier molecular flexibility index (Phi) is 30.3. The maximum absolute atomic E-state index is 12.6. The molecule has 2 atom stereocenters. The van der Waals surface area contributed by atoms with Crippen molar-refractivity contribution in [3.63, 3.8) is 0 Å². The molecule has 0 rings (SSSR count). The van der Waals surface area contributed by atoms with E-state index in [0.717, 1.165) is 83.5 Å². The van der Waals surface area contributed by atoms with Crippen LogP contribution in [0.3, 0.4) is 0 Å². The smallest absolute Gasteiger partial charge is 0.306 e. The summed E-state index contributed by atoms with van der Waals surface area (Å²) in [5.74, 6) is -1.80. The van der Waals surface area contributed by atoms with Gasteiger partial charge < -0.3 is 28.6 Å². The summed E-state index contributed by atoms with van der Waals surface area (Å²) in [6, 6.07) is -0.732. The van der Waals surface area contributed by atoms with Crippen molar-refractivity contribution < 1.29 is 38.2 Å². The van der Waals surface area contributed by atoms with Gasteiger partial charge in [0.15, 0.2) is 6.10 Å². The van der Waals surface area contributed by atoms with Gasteiger partial charge in [-0.1, -0.05) is 120 Å². The second kappa shape index (κ2) is 32.2. The highest BCUT2D eigenvalue weighted by molar-refractivity contribution is 5.70. The van der Waals surface area contributed by atoms with Crippen LogP contribution in [0.2, 0.25) is 0 Å². The number of carboxylic acid groups (broad SMARTS) is 1. The first-order chi connectivity index (χ1) is 23.6. The highest BCUT2D eigenvalue weighted by Gasteiger charge is 2.25. The second-order valence-electron chi connectivity index (χ2n) is 13.5. The number of carbonyl (C=O) groups excluding carboxylic acids is 3. The number of aliphatic carboxylic acids is 1. The van der Waals surface area contributed by atoms with Crippen LogP contribution in [-0.4, -0.2) is 75.5 Å². The maximum atomic E-state index is 12.6. The van der Waals surface area contributed by atoms with Crippen LogP contribution in [0.1, 0.15) is 129 Å². The molecular weight excluding hydrogens is 618 g/mol. The Balaban J connectivity index is 4.48. The Labute approximate surface area is 298 Å².